The van der Waals surface area contributed by atoms with Crippen LogP contribution in [0.1, 0.15) is 17.5 Å². The van der Waals surface area contributed by atoms with E-state index in [1.54, 1.807) is 19.3 Å². The van der Waals surface area contributed by atoms with Crippen molar-refractivity contribution in [3.05, 3.63) is 118 Å². The lowest BCUT2D eigenvalue weighted by Gasteiger charge is -2.09. The zero-order valence-electron chi connectivity index (χ0n) is 16.9. The Morgan fingerprint density at radius 1 is 0.935 bits per heavy atom. The summed E-state index contributed by atoms with van der Waals surface area (Å²) in [5, 5.41) is 10.7. The minimum absolute atomic E-state index is 0.0594. The van der Waals surface area contributed by atoms with Crippen LogP contribution in [0.25, 0.3) is 5.57 Å². The molecule has 0 amide bonds. The fourth-order valence-corrected chi connectivity index (χ4v) is 2.90. The number of nitro benzene ring substituents is 1. The summed E-state index contributed by atoms with van der Waals surface area (Å²) in [7, 11) is 1.63. The number of allylic oxidation sites excluding steroid dienone is 2. The van der Waals surface area contributed by atoms with Crippen LogP contribution < -0.4 is 9.47 Å². The van der Waals surface area contributed by atoms with Gasteiger partial charge in [-0.15, -0.1) is 0 Å². The molecule has 6 nitrogen and oxygen atoms in total. The molecule has 31 heavy (non-hydrogen) atoms. The molecule has 0 radical (unpaired) electrons. The second-order valence-corrected chi connectivity index (χ2v) is 6.54. The summed E-state index contributed by atoms with van der Waals surface area (Å²) in [6.07, 6.45) is 5.51. The topological polar surface area (TPSA) is 78.7 Å². The molecule has 0 N–H and O–H groups in total. The van der Waals surface area contributed by atoms with Gasteiger partial charge in [0.05, 0.1) is 18.5 Å². The van der Waals surface area contributed by atoms with Crippen LogP contribution in [0, 0.1) is 10.1 Å². The Kier molecular flexibility index (Phi) is 7.32. The van der Waals surface area contributed by atoms with Gasteiger partial charge in [0.15, 0.2) is 0 Å². The highest BCUT2D eigenvalue weighted by atomic mass is 16.6. The van der Waals surface area contributed by atoms with Gasteiger partial charge in [0.2, 0.25) is 0 Å². The minimum Gasteiger partial charge on any atom is -0.497 e. The number of non-ortho nitro benzene ring substituents is 1. The quantitative estimate of drug-likeness (QED) is 0.158. The molecular weight excluding hydrogens is 394 g/mol. The summed E-state index contributed by atoms with van der Waals surface area (Å²) >= 11 is 0. The van der Waals surface area contributed by atoms with Gasteiger partial charge in [0.1, 0.15) is 11.5 Å². The molecule has 0 atom stereocenters. The predicted octanol–water partition coefficient (Wildman–Crippen LogP) is 5.59. The summed E-state index contributed by atoms with van der Waals surface area (Å²) in [4.78, 5) is 22.2. The number of methoxy groups -OCH3 is 1. The molecule has 6 heteroatoms. The fourth-order valence-electron chi connectivity index (χ4n) is 2.90. The summed E-state index contributed by atoms with van der Waals surface area (Å²) in [6, 6.07) is 23.1. The second kappa shape index (κ2) is 10.5. The van der Waals surface area contributed by atoms with Gasteiger partial charge >= 0.3 is 5.97 Å². The Hall–Kier alpha value is -4.19. The average Bonchev–Trinajstić information content (AvgIpc) is 2.80. The van der Waals surface area contributed by atoms with Crippen molar-refractivity contribution in [1.82, 2.24) is 0 Å². The van der Waals surface area contributed by atoms with Gasteiger partial charge < -0.3 is 9.47 Å². The van der Waals surface area contributed by atoms with Gasteiger partial charge in [-0.3, -0.25) is 14.9 Å². The summed E-state index contributed by atoms with van der Waals surface area (Å²) < 4.78 is 10.5. The van der Waals surface area contributed by atoms with E-state index < -0.39 is 10.9 Å². The van der Waals surface area contributed by atoms with E-state index in [9.17, 15) is 14.9 Å². The van der Waals surface area contributed by atoms with Gasteiger partial charge in [0, 0.05) is 12.1 Å². The maximum atomic E-state index is 12.1. The van der Waals surface area contributed by atoms with Crippen LogP contribution in [-0.4, -0.2) is 18.0 Å². The third-order valence-electron chi connectivity index (χ3n) is 4.43. The smallest absolute Gasteiger partial charge is 0.315 e. The number of hydrogen-bond donors (Lipinski definition) is 0. The van der Waals surface area contributed by atoms with Crippen LogP contribution in [0.5, 0.6) is 11.5 Å². The maximum Gasteiger partial charge on any atom is 0.315 e. The van der Waals surface area contributed by atoms with Crippen molar-refractivity contribution in [3.8, 4) is 11.5 Å². The number of carbonyl (C=O) groups is 1. The van der Waals surface area contributed by atoms with E-state index in [0.717, 1.165) is 22.4 Å². The number of benzene rings is 3. The van der Waals surface area contributed by atoms with Crippen LogP contribution in [0.4, 0.5) is 5.69 Å². The van der Waals surface area contributed by atoms with Crippen molar-refractivity contribution < 1.29 is 19.2 Å². The third kappa shape index (κ3) is 6.14. The van der Waals surface area contributed by atoms with Gasteiger partial charge in [-0.05, 0) is 41.0 Å². The van der Waals surface area contributed by atoms with E-state index in [0.29, 0.717) is 0 Å². The molecule has 0 bridgehead atoms. The molecule has 0 fully saturated rings. The standard InChI is InChI=1S/C25H21NO5/c1-30-23-11-7-10-20(18-23)24(19-8-3-2-4-9-19)12-5-6-13-25(27)31-22-16-14-21(15-17-22)26(28)29/h2-12,14-18H,13H2,1H3/b6-5+,24-12-. The van der Waals surface area contributed by atoms with Crippen molar-refractivity contribution in [2.24, 2.45) is 0 Å². The highest BCUT2D eigenvalue weighted by molar-refractivity contribution is 5.81. The van der Waals surface area contributed by atoms with E-state index in [1.807, 2.05) is 60.7 Å². The molecule has 3 aromatic carbocycles. The molecule has 0 heterocycles. The highest BCUT2D eigenvalue weighted by Gasteiger charge is 2.08. The molecule has 0 saturated heterocycles. The summed E-state index contributed by atoms with van der Waals surface area (Å²) in [5.74, 6) is 0.567. The zero-order chi connectivity index (χ0) is 22.1. The summed E-state index contributed by atoms with van der Waals surface area (Å²) in [5.41, 5.74) is 2.95. The van der Waals surface area contributed by atoms with Crippen molar-refractivity contribution in [2.75, 3.05) is 7.11 Å². The monoisotopic (exact) mass is 415 g/mol. The van der Waals surface area contributed by atoms with E-state index >= 15 is 0 Å². The Morgan fingerprint density at radius 2 is 1.65 bits per heavy atom. The minimum atomic E-state index is -0.507. The van der Waals surface area contributed by atoms with Crippen molar-refractivity contribution in [1.29, 1.82) is 0 Å². The molecule has 0 aliphatic rings. The Labute approximate surface area is 180 Å². The molecule has 0 aliphatic heterocycles. The molecule has 3 aromatic rings. The van der Waals surface area contributed by atoms with Crippen molar-refractivity contribution >= 4 is 17.2 Å². The lowest BCUT2D eigenvalue weighted by atomic mass is 9.97. The average molecular weight is 415 g/mol. The van der Waals surface area contributed by atoms with Crippen LogP contribution in [0.15, 0.2) is 97.1 Å². The lowest BCUT2D eigenvalue weighted by Crippen LogP contribution is -2.06. The van der Waals surface area contributed by atoms with Gasteiger partial charge in [-0.2, -0.15) is 0 Å². The molecule has 0 aromatic heterocycles. The number of nitro groups is 1. The van der Waals surface area contributed by atoms with Crippen LogP contribution in [0.2, 0.25) is 0 Å². The Balaban J connectivity index is 1.71. The van der Waals surface area contributed by atoms with Gasteiger partial charge in [-0.1, -0.05) is 60.7 Å². The number of esters is 1. The first-order chi connectivity index (χ1) is 15.1. The molecule has 0 aliphatic carbocycles. The first-order valence-electron chi connectivity index (χ1n) is 9.58. The van der Waals surface area contributed by atoms with Crippen LogP contribution in [0.3, 0.4) is 0 Å². The number of hydrogen-bond acceptors (Lipinski definition) is 5. The molecule has 0 unspecified atom stereocenters. The number of nitrogens with zero attached hydrogens (tertiary/aromatic N) is 1. The van der Waals surface area contributed by atoms with Crippen LogP contribution >= 0.6 is 0 Å². The Morgan fingerprint density at radius 3 is 2.32 bits per heavy atom. The number of ether oxygens (including phenoxy) is 2. The third-order valence-corrected chi connectivity index (χ3v) is 4.43. The van der Waals surface area contributed by atoms with E-state index in [1.165, 1.54) is 24.3 Å². The zero-order valence-corrected chi connectivity index (χ0v) is 16.9. The van der Waals surface area contributed by atoms with E-state index in [4.69, 9.17) is 9.47 Å². The first kappa shape index (κ1) is 21.5. The molecule has 156 valence electrons. The Bertz CT molecular complexity index is 1100. The SMILES string of the molecule is COc1cccc(/C(=C\C=C\CC(=O)Oc2ccc([N+](=O)[O-])cc2)c2ccccc2)c1. The second-order valence-electron chi connectivity index (χ2n) is 6.54. The fraction of sp³-hybridized carbons (Fsp3) is 0.0800. The molecule has 0 spiro atoms. The summed E-state index contributed by atoms with van der Waals surface area (Å²) in [6.45, 7) is 0. The predicted molar refractivity (Wildman–Crippen MR) is 119 cm³/mol. The number of carbonyl (C=O) groups excluding carboxylic acids is 1. The van der Waals surface area contributed by atoms with E-state index in [-0.39, 0.29) is 17.9 Å². The van der Waals surface area contributed by atoms with E-state index in [2.05, 4.69) is 0 Å². The first-order valence-corrected chi connectivity index (χ1v) is 9.58. The molecule has 0 saturated carbocycles. The molecular formula is C25H21NO5. The van der Waals surface area contributed by atoms with Gasteiger partial charge in [0.25, 0.3) is 5.69 Å². The normalized spacial score (nSPS) is 11.3. The highest BCUT2D eigenvalue weighted by Crippen LogP contribution is 2.26. The lowest BCUT2D eigenvalue weighted by molar-refractivity contribution is -0.384. The van der Waals surface area contributed by atoms with Crippen molar-refractivity contribution in [3.63, 3.8) is 0 Å². The molecule has 3 rings (SSSR count). The van der Waals surface area contributed by atoms with Crippen LogP contribution in [-0.2, 0) is 4.79 Å². The number of rotatable bonds is 8. The van der Waals surface area contributed by atoms with Gasteiger partial charge in [-0.25, -0.2) is 0 Å². The maximum absolute atomic E-state index is 12.1. The van der Waals surface area contributed by atoms with Crippen molar-refractivity contribution in [2.45, 2.75) is 6.42 Å². The largest absolute Gasteiger partial charge is 0.497 e.